The van der Waals surface area contributed by atoms with E-state index >= 15 is 0 Å². The molecule has 0 atom stereocenters. The molecule has 31 heavy (non-hydrogen) atoms. The molecular weight excluding hydrogens is 410 g/mol. The van der Waals surface area contributed by atoms with Gasteiger partial charge in [0.2, 0.25) is 11.8 Å². The number of benzene rings is 2. The molecule has 2 amide bonds. The Morgan fingerprint density at radius 2 is 1.71 bits per heavy atom. The van der Waals surface area contributed by atoms with Crippen molar-refractivity contribution < 1.29 is 9.59 Å². The van der Waals surface area contributed by atoms with Crippen molar-refractivity contribution in [1.82, 2.24) is 19.7 Å². The van der Waals surface area contributed by atoms with Crippen LogP contribution in [0, 0.1) is 20.8 Å². The second-order valence-corrected chi connectivity index (χ2v) is 8.58. The average Bonchev–Trinajstić information content (AvgIpc) is 3.09. The molecule has 0 aliphatic rings. The molecule has 0 saturated carbocycles. The Morgan fingerprint density at radius 1 is 1.03 bits per heavy atom. The highest BCUT2D eigenvalue weighted by atomic mass is 32.2. The Balaban J connectivity index is 1.55. The molecule has 1 aromatic heterocycles. The molecule has 8 heteroatoms. The number of carbonyl (C=O) groups excluding carboxylic acids is 2. The number of aromatic nitrogens is 3. The number of hydrogen-bond donors (Lipinski definition) is 1. The molecular formula is C23H27N5O2S. The number of carbonyl (C=O) groups is 2. The van der Waals surface area contributed by atoms with Crippen molar-refractivity contribution in [3.8, 4) is 11.4 Å². The molecule has 0 radical (unpaired) electrons. The summed E-state index contributed by atoms with van der Waals surface area (Å²) in [4.78, 5) is 26.3. The van der Waals surface area contributed by atoms with E-state index in [2.05, 4.69) is 15.5 Å². The lowest BCUT2D eigenvalue weighted by Gasteiger charge is -2.17. The molecule has 0 aliphatic heterocycles. The molecule has 3 rings (SSSR count). The Bertz CT molecular complexity index is 1090. The number of rotatable bonds is 7. The van der Waals surface area contributed by atoms with Crippen LogP contribution >= 0.6 is 11.8 Å². The van der Waals surface area contributed by atoms with Gasteiger partial charge < -0.3 is 14.8 Å². The normalized spacial score (nSPS) is 10.7. The SMILES string of the molecule is Cc1ccc(-c2nnc(SCC(=O)N(C)CC(=O)Nc3cc(C)ccc3C)n2C)cc1. The molecule has 1 N–H and O–H groups in total. The highest BCUT2D eigenvalue weighted by molar-refractivity contribution is 7.99. The maximum atomic E-state index is 12.5. The van der Waals surface area contributed by atoms with Crippen molar-refractivity contribution in [1.29, 1.82) is 0 Å². The lowest BCUT2D eigenvalue weighted by molar-refractivity contribution is -0.131. The number of amides is 2. The van der Waals surface area contributed by atoms with Crippen LogP contribution in [0.15, 0.2) is 47.6 Å². The standard InChI is InChI=1S/C23H27N5O2S/c1-15-7-10-18(11-8-15)22-25-26-23(28(22)5)31-14-21(30)27(4)13-20(29)24-19-12-16(2)6-9-17(19)3/h6-12H,13-14H2,1-5H3,(H,24,29). The summed E-state index contributed by atoms with van der Waals surface area (Å²) in [6.07, 6.45) is 0. The molecule has 0 unspecified atom stereocenters. The molecule has 0 saturated heterocycles. The predicted octanol–water partition coefficient (Wildman–Crippen LogP) is 3.60. The zero-order valence-electron chi connectivity index (χ0n) is 18.5. The Labute approximate surface area is 186 Å². The second kappa shape index (κ2) is 9.78. The van der Waals surface area contributed by atoms with E-state index in [4.69, 9.17) is 0 Å². The number of nitrogens with one attached hydrogen (secondary N) is 1. The van der Waals surface area contributed by atoms with Gasteiger partial charge in [-0.25, -0.2) is 0 Å². The molecule has 0 aliphatic carbocycles. The van der Waals surface area contributed by atoms with Gasteiger partial charge in [-0.1, -0.05) is 53.7 Å². The van der Waals surface area contributed by atoms with Gasteiger partial charge in [0.05, 0.1) is 12.3 Å². The van der Waals surface area contributed by atoms with E-state index in [1.807, 2.05) is 74.9 Å². The topological polar surface area (TPSA) is 80.1 Å². The third-order valence-electron chi connectivity index (χ3n) is 4.94. The summed E-state index contributed by atoms with van der Waals surface area (Å²) in [5.41, 5.74) is 4.96. The van der Waals surface area contributed by atoms with E-state index in [9.17, 15) is 9.59 Å². The van der Waals surface area contributed by atoms with Crippen LogP contribution < -0.4 is 5.32 Å². The average molecular weight is 438 g/mol. The number of nitrogens with zero attached hydrogens (tertiary/aromatic N) is 4. The first kappa shape index (κ1) is 22.6. The lowest BCUT2D eigenvalue weighted by Crippen LogP contribution is -2.36. The van der Waals surface area contributed by atoms with Crippen molar-refractivity contribution in [2.75, 3.05) is 24.7 Å². The van der Waals surface area contributed by atoms with Gasteiger partial charge in [0.15, 0.2) is 11.0 Å². The van der Waals surface area contributed by atoms with Gasteiger partial charge in [0, 0.05) is 25.3 Å². The zero-order chi connectivity index (χ0) is 22.5. The van der Waals surface area contributed by atoms with Gasteiger partial charge >= 0.3 is 0 Å². The van der Waals surface area contributed by atoms with Crippen molar-refractivity contribution in [2.24, 2.45) is 7.05 Å². The first-order valence-corrected chi connectivity index (χ1v) is 10.9. The van der Waals surface area contributed by atoms with Gasteiger partial charge in [-0.3, -0.25) is 9.59 Å². The maximum Gasteiger partial charge on any atom is 0.243 e. The van der Waals surface area contributed by atoms with Crippen LogP contribution in [-0.4, -0.2) is 50.8 Å². The van der Waals surface area contributed by atoms with E-state index in [0.717, 1.165) is 28.2 Å². The molecule has 3 aromatic rings. The van der Waals surface area contributed by atoms with E-state index in [1.165, 1.54) is 22.2 Å². The Morgan fingerprint density at radius 3 is 2.42 bits per heavy atom. The molecule has 0 spiro atoms. The van der Waals surface area contributed by atoms with E-state index in [1.54, 1.807) is 7.05 Å². The molecule has 0 bridgehead atoms. The summed E-state index contributed by atoms with van der Waals surface area (Å²) < 4.78 is 1.87. The lowest BCUT2D eigenvalue weighted by atomic mass is 10.1. The minimum Gasteiger partial charge on any atom is -0.336 e. The molecule has 0 fully saturated rings. The fourth-order valence-electron chi connectivity index (χ4n) is 2.99. The van der Waals surface area contributed by atoms with Crippen LogP contribution in [0.5, 0.6) is 0 Å². The van der Waals surface area contributed by atoms with Gasteiger partial charge in [0.25, 0.3) is 0 Å². The van der Waals surface area contributed by atoms with Gasteiger partial charge in [-0.2, -0.15) is 0 Å². The highest BCUT2D eigenvalue weighted by Gasteiger charge is 2.17. The Kier molecular flexibility index (Phi) is 7.12. The van der Waals surface area contributed by atoms with Crippen molar-refractivity contribution in [3.05, 3.63) is 59.2 Å². The second-order valence-electron chi connectivity index (χ2n) is 7.64. The van der Waals surface area contributed by atoms with Crippen LogP contribution in [0.2, 0.25) is 0 Å². The van der Waals surface area contributed by atoms with Gasteiger partial charge in [-0.05, 0) is 38.0 Å². The summed E-state index contributed by atoms with van der Waals surface area (Å²) in [6.45, 7) is 5.93. The Hall–Kier alpha value is -3.13. The van der Waals surface area contributed by atoms with Crippen molar-refractivity contribution >= 4 is 29.3 Å². The van der Waals surface area contributed by atoms with Crippen molar-refractivity contribution in [3.63, 3.8) is 0 Å². The summed E-state index contributed by atoms with van der Waals surface area (Å²) >= 11 is 1.30. The van der Waals surface area contributed by atoms with E-state index in [-0.39, 0.29) is 24.1 Å². The zero-order valence-corrected chi connectivity index (χ0v) is 19.3. The largest absolute Gasteiger partial charge is 0.336 e. The van der Waals surface area contributed by atoms with Gasteiger partial charge in [0.1, 0.15) is 0 Å². The van der Waals surface area contributed by atoms with E-state index in [0.29, 0.717) is 5.16 Å². The maximum absolute atomic E-state index is 12.5. The minimum absolute atomic E-state index is 0.0137. The summed E-state index contributed by atoms with van der Waals surface area (Å²) in [6, 6.07) is 13.9. The van der Waals surface area contributed by atoms with Crippen molar-refractivity contribution in [2.45, 2.75) is 25.9 Å². The number of hydrogen-bond acceptors (Lipinski definition) is 5. The molecule has 2 aromatic carbocycles. The molecule has 1 heterocycles. The quantitative estimate of drug-likeness (QED) is 0.572. The van der Waals surface area contributed by atoms with Gasteiger partial charge in [-0.15, -0.1) is 10.2 Å². The van der Waals surface area contributed by atoms with Crippen LogP contribution in [0.3, 0.4) is 0 Å². The van der Waals surface area contributed by atoms with Crippen LogP contribution in [0.4, 0.5) is 5.69 Å². The van der Waals surface area contributed by atoms with Crippen LogP contribution in [-0.2, 0) is 16.6 Å². The van der Waals surface area contributed by atoms with E-state index < -0.39 is 0 Å². The first-order chi connectivity index (χ1) is 14.7. The van der Waals surface area contributed by atoms with Crippen LogP contribution in [0.25, 0.3) is 11.4 Å². The number of thioether (sulfide) groups is 1. The predicted molar refractivity (Wildman–Crippen MR) is 124 cm³/mol. The fraction of sp³-hybridized carbons (Fsp3) is 0.304. The minimum atomic E-state index is -0.227. The molecule has 162 valence electrons. The smallest absolute Gasteiger partial charge is 0.243 e. The summed E-state index contributed by atoms with van der Waals surface area (Å²) in [5.74, 6) is 0.541. The summed E-state index contributed by atoms with van der Waals surface area (Å²) in [5, 5.41) is 12.0. The van der Waals surface area contributed by atoms with Crippen LogP contribution in [0.1, 0.15) is 16.7 Å². The number of aryl methyl sites for hydroxylation is 3. The summed E-state index contributed by atoms with van der Waals surface area (Å²) in [7, 11) is 3.50. The highest BCUT2D eigenvalue weighted by Crippen LogP contribution is 2.23. The first-order valence-electron chi connectivity index (χ1n) is 9.95. The number of anilines is 1. The third kappa shape index (κ3) is 5.73. The fourth-order valence-corrected chi connectivity index (χ4v) is 3.85. The molecule has 7 nitrogen and oxygen atoms in total. The monoisotopic (exact) mass is 437 g/mol. The number of likely N-dealkylation sites (N-methyl/N-ethyl adjacent to an activating group) is 1. The third-order valence-corrected chi connectivity index (χ3v) is 5.95.